The number of carbonyl (C=O) groups is 1. The van der Waals surface area contributed by atoms with Crippen molar-refractivity contribution in [3.63, 3.8) is 0 Å². The average molecular weight is 525 g/mol. The highest BCUT2D eigenvalue weighted by Crippen LogP contribution is 2.32. The Labute approximate surface area is 187 Å². The van der Waals surface area contributed by atoms with Crippen molar-refractivity contribution in [1.82, 2.24) is 19.8 Å². The average Bonchev–Trinajstić information content (AvgIpc) is 2.96. The second kappa shape index (κ2) is 11.9. The van der Waals surface area contributed by atoms with Gasteiger partial charge < -0.3 is 25.0 Å². The normalized spacial score (nSPS) is 18.9. The van der Waals surface area contributed by atoms with E-state index >= 15 is 0 Å². The summed E-state index contributed by atoms with van der Waals surface area (Å²) in [5.41, 5.74) is 0.605. The lowest BCUT2D eigenvalue weighted by molar-refractivity contribution is -0.137. The molecule has 160 valence electrons. The maximum absolute atomic E-state index is 10.6. The van der Waals surface area contributed by atoms with E-state index in [1.807, 2.05) is 11.6 Å². The standard InChI is InChI=1S/C18H29N5O3.2BrH/c1-22-14(6-5-13-7-9-19-10-8-13)21-16-17(22)20-12-23(18(16)26)11-3-2-4-15(24)25;;/h12-13,18-19,26H,2-11H2,1H3,(H,24,25);2*1H. The van der Waals surface area contributed by atoms with Gasteiger partial charge in [-0.2, -0.15) is 0 Å². The molecule has 3 rings (SSSR count). The van der Waals surface area contributed by atoms with Crippen LogP contribution in [0.3, 0.4) is 0 Å². The minimum Gasteiger partial charge on any atom is -0.481 e. The summed E-state index contributed by atoms with van der Waals surface area (Å²) < 4.78 is 1.98. The summed E-state index contributed by atoms with van der Waals surface area (Å²) >= 11 is 0. The van der Waals surface area contributed by atoms with Gasteiger partial charge in [-0.25, -0.2) is 9.98 Å². The van der Waals surface area contributed by atoms with E-state index in [0.717, 1.165) is 43.5 Å². The van der Waals surface area contributed by atoms with Crippen LogP contribution in [-0.2, 0) is 18.3 Å². The predicted molar refractivity (Wildman–Crippen MR) is 119 cm³/mol. The summed E-state index contributed by atoms with van der Waals surface area (Å²) in [7, 11) is 1.95. The number of halogens is 2. The number of aliphatic carboxylic acids is 1. The Kier molecular flexibility index (Phi) is 10.6. The third-order valence-corrected chi connectivity index (χ3v) is 5.36. The fraction of sp³-hybridized carbons (Fsp3) is 0.722. The third-order valence-electron chi connectivity index (χ3n) is 5.36. The second-order valence-electron chi connectivity index (χ2n) is 7.23. The lowest BCUT2D eigenvalue weighted by Gasteiger charge is -2.27. The predicted octanol–water partition coefficient (Wildman–Crippen LogP) is 2.73. The van der Waals surface area contributed by atoms with Crippen LogP contribution in [0, 0.1) is 5.92 Å². The minimum absolute atomic E-state index is 0. The van der Waals surface area contributed by atoms with Crippen LogP contribution >= 0.6 is 34.0 Å². The number of aliphatic hydroxyl groups excluding tert-OH is 1. The Morgan fingerprint density at radius 2 is 2.00 bits per heavy atom. The SMILES string of the molecule is Br.Br.Cn1c(CCC2CCNCC2)nc2c1N=CN(CCCCC(=O)O)C2O. The summed E-state index contributed by atoms with van der Waals surface area (Å²) in [4.78, 5) is 21.5. The zero-order chi connectivity index (χ0) is 18.5. The topological polar surface area (TPSA) is 103 Å². The lowest BCUT2D eigenvalue weighted by Crippen LogP contribution is -2.31. The summed E-state index contributed by atoms with van der Waals surface area (Å²) in [5.74, 6) is 1.64. The fourth-order valence-electron chi connectivity index (χ4n) is 3.71. The molecule has 10 heteroatoms. The number of aliphatic hydroxyl groups is 1. The van der Waals surface area contributed by atoms with Crippen LogP contribution in [-0.4, -0.2) is 56.6 Å². The number of fused-ring (bicyclic) bond motifs is 1. The van der Waals surface area contributed by atoms with Gasteiger partial charge in [-0.3, -0.25) is 4.79 Å². The van der Waals surface area contributed by atoms with Gasteiger partial charge in [0.05, 0.1) is 6.34 Å². The number of aliphatic imine (C=N–C) groups is 1. The number of hydrogen-bond acceptors (Lipinski definition) is 6. The summed E-state index contributed by atoms with van der Waals surface area (Å²) in [6, 6.07) is 0. The molecular weight excluding hydrogens is 494 g/mol. The van der Waals surface area contributed by atoms with Crippen LogP contribution in [0.25, 0.3) is 0 Å². The molecule has 0 saturated carbocycles. The molecule has 0 spiro atoms. The summed E-state index contributed by atoms with van der Waals surface area (Å²) in [5, 5.41) is 22.7. The number of nitrogens with one attached hydrogen (secondary N) is 1. The number of carboxylic acid groups (broad SMARTS) is 1. The van der Waals surface area contributed by atoms with Crippen LogP contribution in [0.4, 0.5) is 5.82 Å². The molecular formula is C18H31Br2N5O3. The third kappa shape index (κ3) is 6.27. The number of imidazole rings is 1. The summed E-state index contributed by atoms with van der Waals surface area (Å²) in [6.07, 6.45) is 6.71. The van der Waals surface area contributed by atoms with Gasteiger partial charge in [0.1, 0.15) is 11.5 Å². The second-order valence-corrected chi connectivity index (χ2v) is 7.23. The molecule has 1 unspecified atom stereocenters. The molecule has 1 saturated heterocycles. The van der Waals surface area contributed by atoms with Crippen molar-refractivity contribution in [3.8, 4) is 0 Å². The molecule has 2 aliphatic heterocycles. The van der Waals surface area contributed by atoms with Gasteiger partial charge in [0.2, 0.25) is 0 Å². The highest BCUT2D eigenvalue weighted by atomic mass is 79.9. The molecule has 0 bridgehead atoms. The van der Waals surface area contributed by atoms with E-state index < -0.39 is 12.2 Å². The molecule has 3 N–H and O–H groups in total. The van der Waals surface area contributed by atoms with E-state index in [-0.39, 0.29) is 40.4 Å². The van der Waals surface area contributed by atoms with Crippen LogP contribution in [0.2, 0.25) is 0 Å². The first-order valence-corrected chi connectivity index (χ1v) is 9.52. The molecule has 8 nitrogen and oxygen atoms in total. The number of rotatable bonds is 8. The van der Waals surface area contributed by atoms with Gasteiger partial charge in [-0.15, -0.1) is 34.0 Å². The van der Waals surface area contributed by atoms with Crippen molar-refractivity contribution in [2.45, 2.75) is 51.2 Å². The first-order valence-electron chi connectivity index (χ1n) is 9.52. The molecule has 28 heavy (non-hydrogen) atoms. The molecule has 1 aromatic heterocycles. The first kappa shape index (κ1) is 25.1. The maximum atomic E-state index is 10.6. The van der Waals surface area contributed by atoms with Gasteiger partial charge in [-0.1, -0.05) is 0 Å². The van der Waals surface area contributed by atoms with Crippen molar-refractivity contribution in [1.29, 1.82) is 0 Å². The van der Waals surface area contributed by atoms with Gasteiger partial charge in [0.15, 0.2) is 12.0 Å². The zero-order valence-electron chi connectivity index (χ0n) is 16.2. The Hall–Kier alpha value is -0.970. The minimum atomic E-state index is -0.814. The van der Waals surface area contributed by atoms with Gasteiger partial charge in [0, 0.05) is 26.4 Å². The number of unbranched alkanes of at least 4 members (excludes halogenated alkanes) is 1. The van der Waals surface area contributed by atoms with E-state index in [2.05, 4.69) is 15.3 Å². The highest BCUT2D eigenvalue weighted by molar-refractivity contribution is 8.93. The number of aryl methyl sites for hydroxylation is 1. The van der Waals surface area contributed by atoms with Crippen molar-refractivity contribution >= 4 is 52.1 Å². The Morgan fingerprint density at radius 1 is 1.29 bits per heavy atom. The molecule has 1 fully saturated rings. The maximum Gasteiger partial charge on any atom is 0.303 e. The van der Waals surface area contributed by atoms with Crippen molar-refractivity contribution in [2.24, 2.45) is 18.0 Å². The number of piperidine rings is 1. The lowest BCUT2D eigenvalue weighted by atomic mass is 9.93. The smallest absolute Gasteiger partial charge is 0.303 e. The van der Waals surface area contributed by atoms with Crippen molar-refractivity contribution < 1.29 is 15.0 Å². The van der Waals surface area contributed by atoms with Crippen LogP contribution in [0.15, 0.2) is 4.99 Å². The van der Waals surface area contributed by atoms with E-state index in [1.165, 1.54) is 12.8 Å². The van der Waals surface area contributed by atoms with E-state index in [0.29, 0.717) is 25.1 Å². The summed E-state index contributed by atoms with van der Waals surface area (Å²) in [6.45, 7) is 2.77. The van der Waals surface area contributed by atoms with Gasteiger partial charge >= 0.3 is 5.97 Å². The number of hydrogen-bond donors (Lipinski definition) is 3. The van der Waals surface area contributed by atoms with Crippen molar-refractivity contribution in [3.05, 3.63) is 11.5 Å². The quantitative estimate of drug-likeness (QED) is 0.452. The van der Waals surface area contributed by atoms with Crippen LogP contribution in [0.5, 0.6) is 0 Å². The largest absolute Gasteiger partial charge is 0.481 e. The molecule has 0 amide bonds. The highest BCUT2D eigenvalue weighted by Gasteiger charge is 2.28. The first-order chi connectivity index (χ1) is 12.6. The Balaban J connectivity index is 0.00000196. The molecule has 0 aliphatic carbocycles. The molecule has 1 aromatic rings. The molecule has 0 radical (unpaired) electrons. The molecule has 2 aliphatic rings. The van der Waals surface area contributed by atoms with Gasteiger partial charge in [-0.05, 0) is 51.1 Å². The molecule has 0 aromatic carbocycles. The fourth-order valence-corrected chi connectivity index (χ4v) is 3.71. The zero-order valence-corrected chi connectivity index (χ0v) is 19.6. The van der Waals surface area contributed by atoms with Gasteiger partial charge in [0.25, 0.3) is 0 Å². The Bertz CT molecular complexity index is 662. The Morgan fingerprint density at radius 3 is 2.68 bits per heavy atom. The number of aromatic nitrogens is 2. The van der Waals surface area contributed by atoms with Crippen LogP contribution < -0.4 is 5.32 Å². The monoisotopic (exact) mass is 523 g/mol. The van der Waals surface area contributed by atoms with E-state index in [9.17, 15) is 9.90 Å². The molecule has 3 heterocycles. The van der Waals surface area contributed by atoms with E-state index in [4.69, 9.17) is 5.11 Å². The van der Waals surface area contributed by atoms with Crippen molar-refractivity contribution in [2.75, 3.05) is 19.6 Å². The van der Waals surface area contributed by atoms with Crippen LogP contribution in [0.1, 0.15) is 56.3 Å². The molecule has 1 atom stereocenters. The van der Waals surface area contributed by atoms with E-state index in [1.54, 1.807) is 11.2 Å². The number of nitrogens with zero attached hydrogens (tertiary/aromatic N) is 4. The number of carboxylic acids is 1.